The molecule has 4 N–H and O–H groups in total. The second-order valence-corrected chi connectivity index (χ2v) is 7.06. The van der Waals surface area contributed by atoms with Crippen molar-refractivity contribution < 1.29 is 19.4 Å². The molecule has 0 aliphatic carbocycles. The molecule has 150 valence electrons. The molecule has 1 fully saturated rings. The molecule has 0 bridgehead atoms. The number of hydrogen-bond donors (Lipinski definition) is 3. The molecule has 1 aliphatic rings. The van der Waals surface area contributed by atoms with Gasteiger partial charge in [-0.3, -0.25) is 4.79 Å². The van der Waals surface area contributed by atoms with Crippen LogP contribution in [0.5, 0.6) is 5.75 Å². The molecule has 3 heterocycles. The Morgan fingerprint density at radius 2 is 2.03 bits per heavy atom. The molecular formula is C20H19FN4O4. The lowest BCUT2D eigenvalue weighted by molar-refractivity contribution is 0.0695. The third kappa shape index (κ3) is 3.29. The summed E-state index contributed by atoms with van der Waals surface area (Å²) >= 11 is 0. The minimum Gasteiger partial charge on any atom is -0.508 e. The number of halogens is 1. The highest BCUT2D eigenvalue weighted by molar-refractivity contribution is 5.92. The van der Waals surface area contributed by atoms with Gasteiger partial charge in [0.2, 0.25) is 5.43 Å². The van der Waals surface area contributed by atoms with Crippen molar-refractivity contribution in [3.8, 4) is 11.4 Å². The molecule has 29 heavy (non-hydrogen) atoms. The number of aromatic carboxylic acids is 1. The number of anilines is 1. The van der Waals surface area contributed by atoms with E-state index < -0.39 is 22.8 Å². The first-order valence-corrected chi connectivity index (χ1v) is 9.12. The van der Waals surface area contributed by atoms with E-state index >= 15 is 0 Å². The van der Waals surface area contributed by atoms with Crippen LogP contribution in [0.15, 0.2) is 41.3 Å². The summed E-state index contributed by atoms with van der Waals surface area (Å²) in [5.74, 6) is -1.74. The third-order valence-corrected chi connectivity index (χ3v) is 5.19. The van der Waals surface area contributed by atoms with Crippen LogP contribution in [0.2, 0.25) is 0 Å². The summed E-state index contributed by atoms with van der Waals surface area (Å²) in [6, 6.07) is 7.00. The Labute approximate surface area is 164 Å². The smallest absolute Gasteiger partial charge is 0.341 e. The summed E-state index contributed by atoms with van der Waals surface area (Å²) in [7, 11) is 0. The molecule has 1 aromatic carbocycles. The Kier molecular flexibility index (Phi) is 4.67. The molecule has 0 saturated carbocycles. The number of carboxylic acids is 1. The van der Waals surface area contributed by atoms with Crippen LogP contribution in [-0.4, -0.2) is 45.4 Å². The first kappa shape index (κ1) is 18.9. The van der Waals surface area contributed by atoms with Gasteiger partial charge < -0.3 is 25.4 Å². The molecule has 0 radical (unpaired) electrons. The van der Waals surface area contributed by atoms with E-state index in [0.29, 0.717) is 25.3 Å². The maximum atomic E-state index is 14.8. The maximum Gasteiger partial charge on any atom is 0.341 e. The molecular weight excluding hydrogens is 379 g/mol. The molecule has 1 atom stereocenters. The molecule has 9 heteroatoms. The zero-order valence-corrected chi connectivity index (χ0v) is 15.4. The predicted octanol–water partition coefficient (Wildman–Crippen LogP) is 1.71. The monoisotopic (exact) mass is 398 g/mol. The molecule has 8 nitrogen and oxygen atoms in total. The minimum absolute atomic E-state index is 0.0298. The van der Waals surface area contributed by atoms with Crippen molar-refractivity contribution in [1.82, 2.24) is 9.55 Å². The van der Waals surface area contributed by atoms with E-state index in [9.17, 15) is 24.2 Å². The Morgan fingerprint density at radius 3 is 2.66 bits per heavy atom. The summed E-state index contributed by atoms with van der Waals surface area (Å²) < 4.78 is 16.3. The van der Waals surface area contributed by atoms with Crippen LogP contribution >= 0.6 is 0 Å². The summed E-state index contributed by atoms with van der Waals surface area (Å²) in [5, 5.41) is 18.8. The van der Waals surface area contributed by atoms with Gasteiger partial charge in [0.25, 0.3) is 0 Å². The van der Waals surface area contributed by atoms with Crippen molar-refractivity contribution in [2.45, 2.75) is 6.42 Å². The first-order chi connectivity index (χ1) is 13.9. The quantitative estimate of drug-likeness (QED) is 0.612. The van der Waals surface area contributed by atoms with Gasteiger partial charge in [0.05, 0.1) is 5.39 Å². The van der Waals surface area contributed by atoms with E-state index in [1.165, 1.54) is 22.9 Å². The molecule has 1 saturated heterocycles. The zero-order valence-electron chi connectivity index (χ0n) is 15.4. The number of phenolic OH excluding ortho intramolecular Hbond substituents is 1. The van der Waals surface area contributed by atoms with Crippen molar-refractivity contribution in [2.75, 3.05) is 24.5 Å². The summed E-state index contributed by atoms with van der Waals surface area (Å²) in [6.45, 7) is 1.64. The number of nitrogens with zero attached hydrogens (tertiary/aromatic N) is 3. The number of rotatable bonds is 4. The Bertz CT molecular complexity index is 1160. The zero-order chi connectivity index (χ0) is 20.7. The fourth-order valence-corrected chi connectivity index (χ4v) is 3.62. The fraction of sp³-hybridized carbons (Fsp3) is 0.250. The minimum atomic E-state index is -1.42. The van der Waals surface area contributed by atoms with Gasteiger partial charge in [0, 0.05) is 25.0 Å². The van der Waals surface area contributed by atoms with Gasteiger partial charge in [-0.25, -0.2) is 14.2 Å². The van der Waals surface area contributed by atoms with E-state index in [1.807, 2.05) is 0 Å². The van der Waals surface area contributed by atoms with Crippen LogP contribution in [0.3, 0.4) is 0 Å². The number of hydrogen-bond acceptors (Lipinski definition) is 6. The van der Waals surface area contributed by atoms with E-state index in [0.717, 1.165) is 12.5 Å². The molecule has 1 aliphatic heterocycles. The van der Waals surface area contributed by atoms with Crippen LogP contribution in [-0.2, 0) is 0 Å². The van der Waals surface area contributed by atoms with Gasteiger partial charge in [-0.2, -0.15) is 0 Å². The normalized spacial score (nSPS) is 16.5. The molecule has 2 aromatic heterocycles. The Balaban J connectivity index is 1.97. The van der Waals surface area contributed by atoms with Gasteiger partial charge in [-0.1, -0.05) is 0 Å². The molecule has 0 spiro atoms. The van der Waals surface area contributed by atoms with Crippen molar-refractivity contribution in [3.05, 3.63) is 58.1 Å². The molecule has 0 amide bonds. The van der Waals surface area contributed by atoms with Crippen LogP contribution < -0.4 is 16.1 Å². The standard InChI is InChI=1S/C20H19FN4O4/c21-16-7-14-17(27)15(20(28)29)10-25(12-1-3-13(26)4-2-12)18(14)23-19(16)24-6-5-11(8-22)9-24/h1-4,7,10-11,26H,5-6,8-9,22H2,(H,28,29). The molecule has 4 rings (SSSR count). The number of pyridine rings is 2. The van der Waals surface area contributed by atoms with Crippen LogP contribution in [0.25, 0.3) is 16.7 Å². The van der Waals surface area contributed by atoms with Gasteiger partial charge in [-0.05, 0) is 49.2 Å². The van der Waals surface area contributed by atoms with Gasteiger partial charge >= 0.3 is 5.97 Å². The van der Waals surface area contributed by atoms with Crippen molar-refractivity contribution >= 4 is 22.8 Å². The highest BCUT2D eigenvalue weighted by Gasteiger charge is 2.26. The van der Waals surface area contributed by atoms with E-state index in [2.05, 4.69) is 4.98 Å². The second kappa shape index (κ2) is 7.17. The van der Waals surface area contributed by atoms with Crippen LogP contribution in [0.1, 0.15) is 16.8 Å². The number of fused-ring (bicyclic) bond motifs is 1. The number of benzene rings is 1. The summed E-state index contributed by atoms with van der Waals surface area (Å²) in [5.41, 5.74) is 5.03. The van der Waals surface area contributed by atoms with Gasteiger partial charge in [0.15, 0.2) is 17.3 Å². The van der Waals surface area contributed by atoms with Crippen molar-refractivity contribution in [3.63, 3.8) is 0 Å². The number of aromatic nitrogens is 2. The lowest BCUT2D eigenvalue weighted by Gasteiger charge is -2.20. The highest BCUT2D eigenvalue weighted by atomic mass is 19.1. The Morgan fingerprint density at radius 1 is 1.31 bits per heavy atom. The van der Waals surface area contributed by atoms with Crippen molar-refractivity contribution in [2.24, 2.45) is 11.7 Å². The predicted molar refractivity (Wildman–Crippen MR) is 105 cm³/mol. The number of nitrogens with two attached hydrogens (primary N) is 1. The number of carbonyl (C=O) groups is 1. The molecule has 1 unspecified atom stereocenters. The van der Waals surface area contributed by atoms with E-state index in [4.69, 9.17) is 5.73 Å². The largest absolute Gasteiger partial charge is 0.508 e. The van der Waals surface area contributed by atoms with Crippen LogP contribution in [0.4, 0.5) is 10.2 Å². The third-order valence-electron chi connectivity index (χ3n) is 5.19. The lowest BCUT2D eigenvalue weighted by Crippen LogP contribution is -2.26. The molecule has 3 aromatic rings. The Hall–Kier alpha value is -3.46. The number of carboxylic acid groups (broad SMARTS) is 1. The highest BCUT2D eigenvalue weighted by Crippen LogP contribution is 2.28. The van der Waals surface area contributed by atoms with E-state index in [1.54, 1.807) is 17.0 Å². The van der Waals surface area contributed by atoms with Gasteiger partial charge in [0.1, 0.15) is 11.3 Å². The topological polar surface area (TPSA) is 122 Å². The van der Waals surface area contributed by atoms with Crippen LogP contribution in [0, 0.1) is 11.7 Å². The first-order valence-electron chi connectivity index (χ1n) is 9.12. The summed E-state index contributed by atoms with van der Waals surface area (Å²) in [6.07, 6.45) is 1.99. The number of phenols is 1. The SMILES string of the molecule is NCC1CCN(c2nc3c(cc2F)c(=O)c(C(=O)O)cn3-c2ccc(O)cc2)C1. The average Bonchev–Trinajstić information content (AvgIpc) is 3.18. The average molecular weight is 398 g/mol. The van der Waals surface area contributed by atoms with Crippen molar-refractivity contribution in [1.29, 1.82) is 0 Å². The number of aromatic hydroxyl groups is 1. The van der Waals surface area contributed by atoms with E-state index in [-0.39, 0.29) is 28.5 Å². The summed E-state index contributed by atoms with van der Waals surface area (Å²) in [4.78, 5) is 30.3. The van der Waals surface area contributed by atoms with Gasteiger partial charge in [-0.15, -0.1) is 0 Å². The maximum absolute atomic E-state index is 14.8. The second-order valence-electron chi connectivity index (χ2n) is 7.06. The fourth-order valence-electron chi connectivity index (χ4n) is 3.62. The lowest BCUT2D eigenvalue weighted by atomic mass is 10.1.